The van der Waals surface area contributed by atoms with E-state index in [4.69, 9.17) is 0 Å². The molecule has 0 saturated heterocycles. The Balaban J connectivity index is 1.74. The van der Waals surface area contributed by atoms with E-state index in [0.717, 1.165) is 22.4 Å². The molecular weight excluding hydrogens is 353 g/mol. The van der Waals surface area contributed by atoms with Gasteiger partial charge < -0.3 is 10.1 Å². The highest BCUT2D eigenvalue weighted by Crippen LogP contribution is 2.29. The topological polar surface area (TPSA) is 61.8 Å². The van der Waals surface area contributed by atoms with Gasteiger partial charge >= 0.3 is 0 Å². The van der Waals surface area contributed by atoms with Gasteiger partial charge in [-0.25, -0.2) is 9.37 Å². The number of aliphatic hydroxyl groups is 1. The van der Waals surface area contributed by atoms with E-state index in [1.807, 2.05) is 42.5 Å². The summed E-state index contributed by atoms with van der Waals surface area (Å²) in [6, 6.07) is 19.1. The monoisotopic (exact) mass is 369 g/mol. The zero-order valence-corrected chi connectivity index (χ0v) is 14.8. The second-order valence-electron chi connectivity index (χ2n) is 6.13. The summed E-state index contributed by atoms with van der Waals surface area (Å²) in [4.78, 5) is 11.8. The number of imidazole rings is 1. The summed E-state index contributed by atoms with van der Waals surface area (Å²) in [5.41, 5.74) is 3.78. The Hall–Kier alpha value is -3.75. The van der Waals surface area contributed by atoms with E-state index in [1.165, 1.54) is 12.1 Å². The van der Waals surface area contributed by atoms with Gasteiger partial charge in [-0.1, -0.05) is 36.3 Å². The summed E-state index contributed by atoms with van der Waals surface area (Å²) in [6.07, 6.45) is 2.47. The van der Waals surface area contributed by atoms with Crippen LogP contribution in [0.4, 0.5) is 4.39 Å². The fraction of sp³-hybridized carbons (Fsp3) is 0.0435. The molecule has 0 bridgehead atoms. The first-order valence-electron chi connectivity index (χ1n) is 8.71. The van der Waals surface area contributed by atoms with Gasteiger partial charge in [0.1, 0.15) is 11.9 Å². The maximum atomic E-state index is 13.3. The Labute approximate surface area is 161 Å². The third-order valence-corrected chi connectivity index (χ3v) is 4.23. The van der Waals surface area contributed by atoms with Gasteiger partial charge in [-0.05, 0) is 47.9 Å². The number of aromatic nitrogens is 3. The molecular formula is C23H16FN3O. The maximum Gasteiger partial charge on any atom is 0.183 e. The predicted molar refractivity (Wildman–Crippen MR) is 105 cm³/mol. The summed E-state index contributed by atoms with van der Waals surface area (Å²) in [5.74, 6) is 5.81. The number of aliphatic hydroxyl groups excluding tert-OH is 1. The van der Waals surface area contributed by atoms with Crippen molar-refractivity contribution in [3.63, 3.8) is 0 Å². The van der Waals surface area contributed by atoms with Crippen molar-refractivity contribution in [2.24, 2.45) is 0 Å². The molecule has 0 saturated carbocycles. The van der Waals surface area contributed by atoms with E-state index in [9.17, 15) is 9.50 Å². The first-order valence-corrected chi connectivity index (χ1v) is 8.71. The normalized spacial score (nSPS) is 11.5. The van der Waals surface area contributed by atoms with Crippen molar-refractivity contribution < 1.29 is 9.50 Å². The number of rotatable bonds is 3. The highest BCUT2D eigenvalue weighted by molar-refractivity contribution is 5.78. The molecule has 1 unspecified atom stereocenters. The molecule has 0 radical (unpaired) electrons. The highest BCUT2D eigenvalue weighted by atomic mass is 19.1. The zero-order chi connectivity index (χ0) is 19.3. The number of benzene rings is 2. The molecule has 0 aliphatic heterocycles. The molecule has 136 valence electrons. The fourth-order valence-corrected chi connectivity index (χ4v) is 2.83. The van der Waals surface area contributed by atoms with Gasteiger partial charge in [0.25, 0.3) is 0 Å². The molecule has 0 amide bonds. The van der Waals surface area contributed by atoms with E-state index in [1.54, 1.807) is 24.5 Å². The number of H-pyrrole nitrogens is 1. The lowest BCUT2D eigenvalue weighted by Gasteiger charge is -2.02. The van der Waals surface area contributed by atoms with Crippen LogP contribution in [0.5, 0.6) is 0 Å². The second kappa shape index (κ2) is 7.87. The van der Waals surface area contributed by atoms with Crippen LogP contribution >= 0.6 is 0 Å². The smallest absolute Gasteiger partial charge is 0.183 e. The molecule has 2 aromatic heterocycles. The van der Waals surface area contributed by atoms with Gasteiger partial charge in [0.05, 0.1) is 11.4 Å². The minimum absolute atomic E-state index is 0.309. The minimum atomic E-state index is -0.912. The Morgan fingerprint density at radius 2 is 1.61 bits per heavy atom. The van der Waals surface area contributed by atoms with Gasteiger partial charge in [-0.3, -0.25) is 4.98 Å². The van der Waals surface area contributed by atoms with E-state index >= 15 is 0 Å². The molecule has 2 aromatic carbocycles. The molecule has 0 spiro atoms. The molecule has 4 nitrogen and oxygen atoms in total. The lowest BCUT2D eigenvalue weighted by Crippen LogP contribution is -1.93. The zero-order valence-electron chi connectivity index (χ0n) is 14.8. The molecule has 4 rings (SSSR count). The van der Waals surface area contributed by atoms with E-state index in [0.29, 0.717) is 11.5 Å². The van der Waals surface area contributed by atoms with Crippen LogP contribution in [0.1, 0.15) is 17.5 Å². The molecule has 28 heavy (non-hydrogen) atoms. The number of hydrogen-bond donors (Lipinski definition) is 2. The third kappa shape index (κ3) is 3.83. The number of hydrogen-bond acceptors (Lipinski definition) is 3. The van der Waals surface area contributed by atoms with Gasteiger partial charge in [0, 0.05) is 23.5 Å². The van der Waals surface area contributed by atoms with Crippen LogP contribution in [-0.4, -0.2) is 20.1 Å². The van der Waals surface area contributed by atoms with Crippen LogP contribution in [0.3, 0.4) is 0 Å². The molecule has 1 atom stereocenters. The lowest BCUT2D eigenvalue weighted by molar-refractivity contribution is 0.238. The van der Waals surface area contributed by atoms with Crippen molar-refractivity contribution in [2.75, 3.05) is 0 Å². The average molecular weight is 369 g/mol. The number of nitrogens with one attached hydrogen (secondary N) is 1. The highest BCUT2D eigenvalue weighted by Gasteiger charge is 2.14. The van der Waals surface area contributed by atoms with Crippen LogP contribution in [0, 0.1) is 17.7 Å². The van der Waals surface area contributed by atoms with Crippen molar-refractivity contribution in [3.8, 4) is 34.4 Å². The van der Waals surface area contributed by atoms with Gasteiger partial charge in [0.2, 0.25) is 0 Å². The van der Waals surface area contributed by atoms with Gasteiger partial charge in [-0.15, -0.1) is 0 Å². The van der Waals surface area contributed by atoms with E-state index in [-0.39, 0.29) is 5.82 Å². The minimum Gasteiger partial charge on any atom is -0.376 e. The quantitative estimate of drug-likeness (QED) is 0.528. The van der Waals surface area contributed by atoms with Crippen LogP contribution in [0.15, 0.2) is 79.1 Å². The Kier molecular flexibility index (Phi) is 4.96. The number of halogens is 1. The van der Waals surface area contributed by atoms with Crippen molar-refractivity contribution in [3.05, 3.63) is 96.3 Å². The number of nitrogens with zero attached hydrogens (tertiary/aromatic N) is 2. The Bertz CT molecular complexity index is 1130. The number of aromatic amines is 1. The lowest BCUT2D eigenvalue weighted by atomic mass is 10.1. The van der Waals surface area contributed by atoms with Crippen LogP contribution in [0.2, 0.25) is 0 Å². The van der Waals surface area contributed by atoms with Crippen LogP contribution in [-0.2, 0) is 0 Å². The Morgan fingerprint density at radius 3 is 2.32 bits per heavy atom. The standard InChI is InChI=1S/C23H16FN3O/c24-19-8-6-17(7-9-19)22-23(18-12-14-25-15-13-18)27-21(26-22)11-10-20(28)16-4-2-1-3-5-16/h1-9,12-15,20,28H,(H,26,27). The summed E-state index contributed by atoms with van der Waals surface area (Å²) in [5, 5.41) is 10.3. The van der Waals surface area contributed by atoms with Crippen LogP contribution < -0.4 is 0 Å². The third-order valence-electron chi connectivity index (χ3n) is 4.23. The molecule has 2 N–H and O–H groups in total. The van der Waals surface area contributed by atoms with Gasteiger partial charge in [-0.2, -0.15) is 0 Å². The first-order chi connectivity index (χ1) is 13.7. The maximum absolute atomic E-state index is 13.3. The number of pyridine rings is 1. The summed E-state index contributed by atoms with van der Waals surface area (Å²) in [6.45, 7) is 0. The Morgan fingerprint density at radius 1 is 0.893 bits per heavy atom. The van der Waals surface area contributed by atoms with Crippen molar-refractivity contribution in [2.45, 2.75) is 6.10 Å². The summed E-state index contributed by atoms with van der Waals surface area (Å²) >= 11 is 0. The largest absolute Gasteiger partial charge is 0.376 e. The molecule has 5 heteroatoms. The second-order valence-corrected chi connectivity index (χ2v) is 6.13. The van der Waals surface area contributed by atoms with Crippen molar-refractivity contribution >= 4 is 0 Å². The molecule has 0 aliphatic carbocycles. The first kappa shape index (κ1) is 17.7. The van der Waals surface area contributed by atoms with Crippen LogP contribution in [0.25, 0.3) is 22.5 Å². The van der Waals surface area contributed by atoms with E-state index < -0.39 is 6.10 Å². The molecule has 4 aromatic rings. The predicted octanol–water partition coefficient (Wildman–Crippen LogP) is 4.36. The van der Waals surface area contributed by atoms with Crippen molar-refractivity contribution in [1.82, 2.24) is 15.0 Å². The molecule has 0 fully saturated rings. The fourth-order valence-electron chi connectivity index (χ4n) is 2.83. The average Bonchev–Trinajstić information content (AvgIpc) is 3.18. The van der Waals surface area contributed by atoms with Crippen molar-refractivity contribution in [1.29, 1.82) is 0 Å². The summed E-state index contributed by atoms with van der Waals surface area (Å²) in [7, 11) is 0. The van der Waals surface area contributed by atoms with E-state index in [2.05, 4.69) is 26.8 Å². The molecule has 2 heterocycles. The molecule has 0 aliphatic rings. The summed E-state index contributed by atoms with van der Waals surface area (Å²) < 4.78 is 13.3. The van der Waals surface area contributed by atoms with Gasteiger partial charge in [0.15, 0.2) is 5.82 Å². The SMILES string of the molecule is OC(C#Cc1nc(-c2ccc(F)cc2)c(-c2ccncc2)[nH]1)c1ccccc1.